The van der Waals surface area contributed by atoms with Crippen LogP contribution in [0.15, 0.2) is 60.7 Å². The number of carbonyl (C=O) groups is 3. The highest BCUT2D eigenvalue weighted by Gasteiger charge is 2.30. The first-order valence-corrected chi connectivity index (χ1v) is 10.9. The Morgan fingerprint density at radius 3 is 1.91 bits per heavy atom. The number of hydrogen-bond donors (Lipinski definition) is 2. The van der Waals surface area contributed by atoms with E-state index in [0.717, 1.165) is 0 Å². The fourth-order valence-electron chi connectivity index (χ4n) is 3.35. The Morgan fingerprint density at radius 2 is 1.39 bits per heavy atom. The molecule has 0 bridgehead atoms. The predicted octanol–water partition coefficient (Wildman–Crippen LogP) is 5.20. The number of hydrogen-bond acceptors (Lipinski definition) is 4. The van der Waals surface area contributed by atoms with E-state index in [9.17, 15) is 19.5 Å². The van der Waals surface area contributed by atoms with Crippen LogP contribution in [0, 0.1) is 6.92 Å². The van der Waals surface area contributed by atoms with Crippen molar-refractivity contribution in [3.8, 4) is 0 Å². The lowest BCUT2D eigenvalue weighted by atomic mass is 9.99. The smallest absolute Gasteiger partial charge is 0.328 e. The molecule has 1 atom stereocenters. The molecule has 0 aliphatic carbocycles. The largest absolute Gasteiger partial charge is 0.480 e. The molecule has 0 aromatic heterocycles. The summed E-state index contributed by atoms with van der Waals surface area (Å²) >= 11 is 18.4. The summed E-state index contributed by atoms with van der Waals surface area (Å²) < 4.78 is 0. The summed E-state index contributed by atoms with van der Waals surface area (Å²) in [7, 11) is 0. The normalized spacial score (nSPS) is 11.7. The third-order valence-electron chi connectivity index (χ3n) is 5.13. The summed E-state index contributed by atoms with van der Waals surface area (Å²) in [6.07, 6.45) is -0.0810. The van der Waals surface area contributed by atoms with Gasteiger partial charge in [-0.3, -0.25) is 14.6 Å². The molecule has 0 saturated carbocycles. The number of nitrogens with zero attached hydrogens (tertiary/aromatic N) is 1. The van der Waals surface area contributed by atoms with Gasteiger partial charge in [-0.1, -0.05) is 77.3 Å². The first-order valence-electron chi connectivity index (χ1n) is 9.75. The van der Waals surface area contributed by atoms with Gasteiger partial charge in [0.15, 0.2) is 5.78 Å². The van der Waals surface area contributed by atoms with Crippen molar-refractivity contribution in [2.75, 3.05) is 0 Å². The predicted molar refractivity (Wildman–Crippen MR) is 128 cm³/mol. The van der Waals surface area contributed by atoms with Crippen LogP contribution in [0.5, 0.6) is 0 Å². The third-order valence-corrected chi connectivity index (χ3v) is 6.07. The first-order chi connectivity index (χ1) is 15.6. The van der Waals surface area contributed by atoms with E-state index in [1.54, 1.807) is 49.4 Å². The van der Waals surface area contributed by atoms with Gasteiger partial charge in [-0.15, -0.1) is 0 Å². The molecule has 0 spiro atoms. The number of carboxylic acids is 1. The van der Waals surface area contributed by atoms with Crippen LogP contribution in [0.3, 0.4) is 0 Å². The van der Waals surface area contributed by atoms with Gasteiger partial charge < -0.3 is 5.11 Å². The van der Waals surface area contributed by atoms with Gasteiger partial charge in [0.25, 0.3) is 5.91 Å². The molecule has 170 valence electrons. The van der Waals surface area contributed by atoms with Crippen LogP contribution >= 0.6 is 34.8 Å². The van der Waals surface area contributed by atoms with Crippen molar-refractivity contribution in [3.05, 3.63) is 104 Å². The van der Waals surface area contributed by atoms with E-state index >= 15 is 0 Å². The van der Waals surface area contributed by atoms with Gasteiger partial charge in [-0.2, -0.15) is 0 Å². The highest BCUT2D eigenvalue weighted by Crippen LogP contribution is 2.27. The molecule has 0 aliphatic heterocycles. The van der Waals surface area contributed by atoms with Gasteiger partial charge in [0.05, 0.1) is 26.2 Å². The SMILES string of the molecule is Cc1cccc(Cl)c1C(=O)N(N)[C@@H](Cc1ccc(C(=O)c2c(Cl)cccc2Cl)cc1)C(=O)O. The summed E-state index contributed by atoms with van der Waals surface area (Å²) in [5, 5.41) is 11.0. The maximum atomic E-state index is 12.9. The summed E-state index contributed by atoms with van der Waals surface area (Å²) in [6.45, 7) is 1.68. The molecule has 9 heteroatoms. The highest BCUT2D eigenvalue weighted by atomic mass is 35.5. The molecule has 1 amide bonds. The molecule has 3 rings (SSSR count). The average molecular weight is 506 g/mol. The number of aryl methyl sites for hydroxylation is 1. The number of ketones is 1. The summed E-state index contributed by atoms with van der Waals surface area (Å²) in [5.74, 6) is 3.58. The number of nitrogens with two attached hydrogens (primary N) is 1. The lowest BCUT2D eigenvalue weighted by Gasteiger charge is -2.25. The molecular formula is C24H19Cl3N2O4. The topological polar surface area (TPSA) is 101 Å². The van der Waals surface area contributed by atoms with Crippen molar-refractivity contribution in [1.82, 2.24) is 5.01 Å². The number of carboxylic acid groups (broad SMARTS) is 1. The van der Waals surface area contributed by atoms with Crippen molar-refractivity contribution in [1.29, 1.82) is 0 Å². The van der Waals surface area contributed by atoms with E-state index in [4.69, 9.17) is 40.6 Å². The Labute approximate surface area is 205 Å². The Hall–Kier alpha value is -2.90. The fraction of sp³-hybridized carbons (Fsp3) is 0.125. The molecule has 0 radical (unpaired) electrons. The van der Waals surface area contributed by atoms with Crippen LogP contribution in [0.25, 0.3) is 0 Å². The Kier molecular flexibility index (Phi) is 7.76. The monoisotopic (exact) mass is 504 g/mol. The van der Waals surface area contributed by atoms with E-state index in [2.05, 4.69) is 0 Å². The minimum atomic E-state index is -1.35. The molecule has 33 heavy (non-hydrogen) atoms. The average Bonchev–Trinajstić information content (AvgIpc) is 2.76. The van der Waals surface area contributed by atoms with E-state index in [0.29, 0.717) is 21.7 Å². The molecule has 0 heterocycles. The van der Waals surface area contributed by atoms with Gasteiger partial charge in [0.1, 0.15) is 6.04 Å². The summed E-state index contributed by atoms with van der Waals surface area (Å²) in [4.78, 5) is 37.6. The first kappa shape index (κ1) is 24.7. The number of carbonyl (C=O) groups excluding carboxylic acids is 2. The molecule has 6 nitrogen and oxygen atoms in total. The second kappa shape index (κ2) is 10.4. The zero-order valence-electron chi connectivity index (χ0n) is 17.4. The van der Waals surface area contributed by atoms with Crippen LogP contribution in [0.1, 0.15) is 37.4 Å². The van der Waals surface area contributed by atoms with E-state index in [1.807, 2.05) is 0 Å². The van der Waals surface area contributed by atoms with Crippen LogP contribution < -0.4 is 5.84 Å². The number of hydrazine groups is 1. The minimum absolute atomic E-state index is 0.0810. The van der Waals surface area contributed by atoms with Crippen LogP contribution in [0.4, 0.5) is 0 Å². The van der Waals surface area contributed by atoms with E-state index < -0.39 is 17.9 Å². The fourth-order valence-corrected chi connectivity index (χ4v) is 4.22. The summed E-state index contributed by atoms with van der Waals surface area (Å²) in [6, 6.07) is 14.6. The van der Waals surface area contributed by atoms with Crippen LogP contribution in [0.2, 0.25) is 15.1 Å². The van der Waals surface area contributed by atoms with Crippen molar-refractivity contribution in [3.63, 3.8) is 0 Å². The molecule has 0 saturated heterocycles. The van der Waals surface area contributed by atoms with Gasteiger partial charge >= 0.3 is 5.97 Å². The maximum absolute atomic E-state index is 12.9. The lowest BCUT2D eigenvalue weighted by molar-refractivity contribution is -0.142. The molecule has 3 aromatic rings. The molecule has 0 unspecified atom stereocenters. The molecular weight excluding hydrogens is 487 g/mol. The molecule has 0 aliphatic rings. The molecule has 0 fully saturated rings. The number of benzene rings is 3. The Bertz CT molecular complexity index is 1190. The van der Waals surface area contributed by atoms with E-state index in [1.165, 1.54) is 18.2 Å². The zero-order valence-corrected chi connectivity index (χ0v) is 19.7. The highest BCUT2D eigenvalue weighted by molar-refractivity contribution is 6.41. The summed E-state index contributed by atoms with van der Waals surface area (Å²) in [5.41, 5.74) is 1.79. The Balaban J connectivity index is 1.82. The van der Waals surface area contributed by atoms with Crippen molar-refractivity contribution in [2.24, 2.45) is 5.84 Å². The van der Waals surface area contributed by atoms with Crippen LogP contribution in [-0.2, 0) is 11.2 Å². The molecule has 3 aromatic carbocycles. The van der Waals surface area contributed by atoms with Crippen molar-refractivity contribution >= 4 is 52.5 Å². The van der Waals surface area contributed by atoms with Crippen molar-refractivity contribution in [2.45, 2.75) is 19.4 Å². The van der Waals surface area contributed by atoms with Crippen molar-refractivity contribution < 1.29 is 19.5 Å². The molecule has 3 N–H and O–H groups in total. The standard InChI is InChI=1S/C24H19Cl3N2O4/c1-13-4-2-5-16(25)20(13)23(31)29(28)19(24(32)33)12-14-8-10-15(11-9-14)22(30)21-17(26)6-3-7-18(21)27/h2-11,19H,12,28H2,1H3,(H,32,33)/t19-/m0/s1. The quantitative estimate of drug-likeness (QED) is 0.199. The van der Waals surface area contributed by atoms with Gasteiger partial charge in [-0.25, -0.2) is 10.6 Å². The number of halogens is 3. The number of aliphatic carboxylic acids is 1. The van der Waals surface area contributed by atoms with E-state index in [-0.39, 0.29) is 38.4 Å². The second-order valence-electron chi connectivity index (χ2n) is 7.33. The lowest BCUT2D eigenvalue weighted by Crippen LogP contribution is -2.51. The number of amides is 1. The van der Waals surface area contributed by atoms with Crippen LogP contribution in [-0.4, -0.2) is 33.8 Å². The minimum Gasteiger partial charge on any atom is -0.480 e. The third kappa shape index (κ3) is 5.37. The maximum Gasteiger partial charge on any atom is 0.328 e. The second-order valence-corrected chi connectivity index (χ2v) is 8.55. The number of rotatable bonds is 7. The van der Waals surface area contributed by atoms with Gasteiger partial charge in [0, 0.05) is 12.0 Å². The van der Waals surface area contributed by atoms with Gasteiger partial charge in [-0.05, 0) is 36.2 Å². The zero-order chi connectivity index (χ0) is 24.3. The van der Waals surface area contributed by atoms with Gasteiger partial charge in [0.2, 0.25) is 0 Å². The Morgan fingerprint density at radius 1 is 0.879 bits per heavy atom.